The lowest BCUT2D eigenvalue weighted by Gasteiger charge is -2.26. The number of rotatable bonds is 6. The highest BCUT2D eigenvalue weighted by Gasteiger charge is 2.25. The average molecular weight is 286 g/mol. The lowest BCUT2D eigenvalue weighted by atomic mass is 9.96. The van der Waals surface area contributed by atoms with Crippen molar-refractivity contribution in [3.8, 4) is 0 Å². The SMILES string of the molecule is FC(F)(F)CCCCNCC1Cc2ccccc2CN1. The van der Waals surface area contributed by atoms with E-state index in [1.54, 1.807) is 0 Å². The van der Waals surface area contributed by atoms with E-state index in [4.69, 9.17) is 0 Å². The fraction of sp³-hybridized carbons (Fsp3) is 0.600. The maximum absolute atomic E-state index is 12.0. The molecule has 0 aliphatic carbocycles. The topological polar surface area (TPSA) is 24.1 Å². The van der Waals surface area contributed by atoms with Crippen molar-refractivity contribution in [2.75, 3.05) is 13.1 Å². The van der Waals surface area contributed by atoms with Gasteiger partial charge in [-0.15, -0.1) is 0 Å². The van der Waals surface area contributed by atoms with Crippen LogP contribution in [-0.2, 0) is 13.0 Å². The number of alkyl halides is 3. The minimum Gasteiger partial charge on any atom is -0.315 e. The van der Waals surface area contributed by atoms with E-state index in [0.717, 1.165) is 19.5 Å². The molecule has 1 aliphatic heterocycles. The first kappa shape index (κ1) is 15.3. The number of unbranched alkanes of at least 4 members (excludes halogenated alkanes) is 1. The van der Waals surface area contributed by atoms with Crippen molar-refractivity contribution in [2.45, 2.75) is 44.4 Å². The molecule has 1 unspecified atom stereocenters. The van der Waals surface area contributed by atoms with Gasteiger partial charge < -0.3 is 10.6 Å². The molecule has 1 aliphatic rings. The zero-order valence-corrected chi connectivity index (χ0v) is 11.5. The Labute approximate surface area is 117 Å². The zero-order chi connectivity index (χ0) is 14.4. The third kappa shape index (κ3) is 5.13. The van der Waals surface area contributed by atoms with Crippen LogP contribution in [0, 0.1) is 0 Å². The summed E-state index contributed by atoms with van der Waals surface area (Å²) in [5, 5.41) is 6.69. The Balaban J connectivity index is 1.60. The predicted molar refractivity (Wildman–Crippen MR) is 73.5 cm³/mol. The summed E-state index contributed by atoms with van der Waals surface area (Å²) in [6.45, 7) is 2.33. The predicted octanol–water partition coefficient (Wildman–Crippen LogP) is 3.02. The van der Waals surface area contributed by atoms with Gasteiger partial charge in [-0.3, -0.25) is 0 Å². The quantitative estimate of drug-likeness (QED) is 0.786. The minimum atomic E-state index is -4.02. The van der Waals surface area contributed by atoms with Gasteiger partial charge in [-0.25, -0.2) is 0 Å². The van der Waals surface area contributed by atoms with E-state index in [1.165, 1.54) is 11.1 Å². The van der Waals surface area contributed by atoms with Gasteiger partial charge in [0.15, 0.2) is 0 Å². The summed E-state index contributed by atoms with van der Waals surface area (Å²) in [5.74, 6) is 0. The molecule has 1 aromatic carbocycles. The maximum Gasteiger partial charge on any atom is 0.389 e. The Bertz CT molecular complexity index is 418. The van der Waals surface area contributed by atoms with Crippen LogP contribution in [0.4, 0.5) is 13.2 Å². The number of halogens is 3. The lowest BCUT2D eigenvalue weighted by molar-refractivity contribution is -0.135. The first-order chi connectivity index (χ1) is 9.54. The summed E-state index contributed by atoms with van der Waals surface area (Å²) in [7, 11) is 0. The molecule has 1 aromatic rings. The van der Waals surface area contributed by atoms with Gasteiger partial charge in [-0.05, 0) is 36.9 Å². The van der Waals surface area contributed by atoms with Crippen LogP contribution in [0.25, 0.3) is 0 Å². The minimum absolute atomic E-state index is 0.206. The molecule has 0 saturated heterocycles. The highest BCUT2D eigenvalue weighted by molar-refractivity contribution is 5.29. The van der Waals surface area contributed by atoms with Gasteiger partial charge in [0.05, 0.1) is 0 Å². The van der Waals surface area contributed by atoms with E-state index in [1.807, 2.05) is 12.1 Å². The van der Waals surface area contributed by atoms with Crippen molar-refractivity contribution in [1.82, 2.24) is 10.6 Å². The Hall–Kier alpha value is -1.07. The number of nitrogens with one attached hydrogen (secondary N) is 2. The molecule has 1 atom stereocenters. The van der Waals surface area contributed by atoms with Crippen LogP contribution in [0.3, 0.4) is 0 Å². The lowest BCUT2D eigenvalue weighted by Crippen LogP contribution is -2.43. The molecule has 1 heterocycles. The van der Waals surface area contributed by atoms with E-state index in [2.05, 4.69) is 22.8 Å². The van der Waals surface area contributed by atoms with Crippen molar-refractivity contribution in [2.24, 2.45) is 0 Å². The number of fused-ring (bicyclic) bond motifs is 1. The van der Waals surface area contributed by atoms with Gasteiger partial charge in [0.2, 0.25) is 0 Å². The Kier molecular flexibility index (Phi) is 5.43. The van der Waals surface area contributed by atoms with Crippen LogP contribution in [0.1, 0.15) is 30.4 Å². The van der Waals surface area contributed by atoms with Crippen LogP contribution in [0.15, 0.2) is 24.3 Å². The summed E-state index contributed by atoms with van der Waals surface area (Å²) in [5.41, 5.74) is 2.71. The molecule has 5 heteroatoms. The van der Waals surface area contributed by atoms with Gasteiger partial charge in [-0.2, -0.15) is 13.2 Å². The van der Waals surface area contributed by atoms with E-state index in [0.29, 0.717) is 19.0 Å². The number of hydrogen-bond acceptors (Lipinski definition) is 2. The van der Waals surface area contributed by atoms with E-state index < -0.39 is 12.6 Å². The highest BCUT2D eigenvalue weighted by atomic mass is 19.4. The molecular formula is C15H21F3N2. The third-order valence-electron chi connectivity index (χ3n) is 3.62. The van der Waals surface area contributed by atoms with Crippen LogP contribution in [0.5, 0.6) is 0 Å². The molecule has 0 aromatic heterocycles. The zero-order valence-electron chi connectivity index (χ0n) is 11.5. The van der Waals surface area contributed by atoms with Crippen molar-refractivity contribution in [3.05, 3.63) is 35.4 Å². The summed E-state index contributed by atoms with van der Waals surface area (Å²) >= 11 is 0. The number of hydrogen-bond donors (Lipinski definition) is 2. The summed E-state index contributed by atoms with van der Waals surface area (Å²) in [6.07, 6.45) is -2.94. The molecule has 0 spiro atoms. The number of benzene rings is 1. The van der Waals surface area contributed by atoms with Gasteiger partial charge in [0.25, 0.3) is 0 Å². The summed E-state index contributed by atoms with van der Waals surface area (Å²) < 4.78 is 35.9. The average Bonchev–Trinajstić information content (AvgIpc) is 2.41. The standard InChI is InChI=1S/C15H21F3N2/c16-15(17,18)7-3-4-8-19-11-14-9-12-5-1-2-6-13(12)10-20-14/h1-2,5-6,14,19-20H,3-4,7-11H2. The van der Waals surface area contributed by atoms with E-state index in [-0.39, 0.29) is 6.42 Å². The van der Waals surface area contributed by atoms with Crippen LogP contribution in [0.2, 0.25) is 0 Å². The van der Waals surface area contributed by atoms with Gasteiger partial charge >= 0.3 is 6.18 Å². The molecule has 0 radical (unpaired) electrons. The molecule has 20 heavy (non-hydrogen) atoms. The van der Waals surface area contributed by atoms with E-state index >= 15 is 0 Å². The third-order valence-corrected chi connectivity index (χ3v) is 3.62. The fourth-order valence-corrected chi connectivity index (χ4v) is 2.52. The van der Waals surface area contributed by atoms with E-state index in [9.17, 15) is 13.2 Å². The highest BCUT2D eigenvalue weighted by Crippen LogP contribution is 2.21. The van der Waals surface area contributed by atoms with Crippen molar-refractivity contribution < 1.29 is 13.2 Å². The van der Waals surface area contributed by atoms with Crippen molar-refractivity contribution in [3.63, 3.8) is 0 Å². The van der Waals surface area contributed by atoms with Gasteiger partial charge in [-0.1, -0.05) is 24.3 Å². The first-order valence-electron chi connectivity index (χ1n) is 7.12. The van der Waals surface area contributed by atoms with Gasteiger partial charge in [0, 0.05) is 25.6 Å². The Morgan fingerprint density at radius 3 is 2.65 bits per heavy atom. The normalized spacial score (nSPS) is 18.9. The second-order valence-electron chi connectivity index (χ2n) is 5.33. The molecular weight excluding hydrogens is 265 g/mol. The second kappa shape index (κ2) is 7.09. The van der Waals surface area contributed by atoms with Gasteiger partial charge in [0.1, 0.15) is 0 Å². The summed E-state index contributed by atoms with van der Waals surface area (Å²) in [6, 6.07) is 8.73. The molecule has 0 saturated carbocycles. The van der Waals surface area contributed by atoms with Crippen LogP contribution in [-0.4, -0.2) is 25.3 Å². The monoisotopic (exact) mass is 286 g/mol. The summed E-state index contributed by atoms with van der Waals surface area (Å²) in [4.78, 5) is 0. The Morgan fingerprint density at radius 2 is 1.90 bits per heavy atom. The second-order valence-corrected chi connectivity index (χ2v) is 5.33. The molecule has 2 nitrogen and oxygen atoms in total. The molecule has 0 amide bonds. The largest absolute Gasteiger partial charge is 0.389 e. The molecule has 0 fully saturated rings. The first-order valence-corrected chi connectivity index (χ1v) is 7.12. The fourth-order valence-electron chi connectivity index (χ4n) is 2.52. The smallest absolute Gasteiger partial charge is 0.315 e. The Morgan fingerprint density at radius 1 is 1.15 bits per heavy atom. The van der Waals surface area contributed by atoms with Crippen LogP contribution >= 0.6 is 0 Å². The molecule has 0 bridgehead atoms. The molecule has 2 N–H and O–H groups in total. The van der Waals surface area contributed by atoms with Crippen molar-refractivity contribution in [1.29, 1.82) is 0 Å². The molecule has 2 rings (SSSR count). The van der Waals surface area contributed by atoms with Crippen LogP contribution < -0.4 is 10.6 Å². The maximum atomic E-state index is 12.0. The molecule has 112 valence electrons. The van der Waals surface area contributed by atoms with Crippen molar-refractivity contribution >= 4 is 0 Å².